The third kappa shape index (κ3) is 4.86. The van der Waals surface area contributed by atoms with Crippen LogP contribution in [0.4, 0.5) is 0 Å². The molecule has 31 heavy (non-hydrogen) atoms. The zero-order valence-corrected chi connectivity index (χ0v) is 18.7. The summed E-state index contributed by atoms with van der Waals surface area (Å²) in [6, 6.07) is 4.88. The van der Waals surface area contributed by atoms with Gasteiger partial charge in [-0.3, -0.25) is 14.6 Å². The number of ketones is 1. The van der Waals surface area contributed by atoms with Crippen molar-refractivity contribution >= 4 is 17.7 Å². The average Bonchev–Trinajstić information content (AvgIpc) is 3.40. The van der Waals surface area contributed by atoms with Gasteiger partial charge in [-0.2, -0.15) is 0 Å². The molecule has 0 aliphatic heterocycles. The van der Waals surface area contributed by atoms with E-state index in [9.17, 15) is 14.4 Å². The summed E-state index contributed by atoms with van der Waals surface area (Å²) in [4.78, 5) is 48.1. The average molecular weight is 426 g/mol. The van der Waals surface area contributed by atoms with Gasteiger partial charge >= 0.3 is 5.97 Å². The zero-order valence-electron chi connectivity index (χ0n) is 18.7. The quantitative estimate of drug-likeness (QED) is 0.510. The molecule has 0 radical (unpaired) electrons. The molecule has 1 saturated carbocycles. The molecule has 2 heterocycles. The number of amides is 1. The summed E-state index contributed by atoms with van der Waals surface area (Å²) in [6.45, 7) is 7.52. The van der Waals surface area contributed by atoms with Gasteiger partial charge in [0, 0.05) is 23.4 Å². The molecule has 0 bridgehead atoms. The third-order valence-electron chi connectivity index (χ3n) is 6.06. The van der Waals surface area contributed by atoms with Gasteiger partial charge in [0.2, 0.25) is 5.91 Å². The van der Waals surface area contributed by atoms with Gasteiger partial charge in [-0.15, -0.1) is 0 Å². The molecule has 1 aliphatic carbocycles. The molecular formula is C24H31N3O4. The van der Waals surface area contributed by atoms with Crippen molar-refractivity contribution in [3.63, 3.8) is 0 Å². The second kappa shape index (κ2) is 9.90. The smallest absolute Gasteiger partial charge is 0.355 e. The summed E-state index contributed by atoms with van der Waals surface area (Å²) in [5.41, 5.74) is 2.62. The maximum Gasteiger partial charge on any atom is 0.355 e. The number of rotatable bonds is 8. The molecule has 1 N–H and O–H groups in total. The van der Waals surface area contributed by atoms with Crippen molar-refractivity contribution in [3.8, 4) is 0 Å². The first-order valence-corrected chi connectivity index (χ1v) is 11.0. The van der Waals surface area contributed by atoms with E-state index in [2.05, 4.69) is 9.97 Å². The second-order valence-electron chi connectivity index (χ2n) is 8.15. The highest BCUT2D eigenvalue weighted by Gasteiger charge is 2.35. The number of carbonyl (C=O) groups is 3. The molecule has 2 aromatic rings. The number of nitrogens with one attached hydrogen (secondary N) is 1. The van der Waals surface area contributed by atoms with Crippen molar-refractivity contribution in [2.24, 2.45) is 5.92 Å². The van der Waals surface area contributed by atoms with Crippen molar-refractivity contribution in [2.45, 2.75) is 66.0 Å². The SMILES string of the molecule is CCOC(=O)c1[nH]c(C)c(C(=O)[C@@H](C)N(Cc2ccccn2)C(=O)C2CCCC2)c1C. The van der Waals surface area contributed by atoms with Crippen LogP contribution in [0.1, 0.15) is 77.3 Å². The fraction of sp³-hybridized carbons (Fsp3) is 0.500. The van der Waals surface area contributed by atoms with Gasteiger partial charge in [0.05, 0.1) is 24.9 Å². The molecule has 7 nitrogen and oxygen atoms in total. The van der Waals surface area contributed by atoms with Gasteiger partial charge in [0.25, 0.3) is 0 Å². The van der Waals surface area contributed by atoms with Crippen molar-refractivity contribution in [3.05, 3.63) is 52.6 Å². The van der Waals surface area contributed by atoms with Crippen molar-refractivity contribution in [1.82, 2.24) is 14.9 Å². The number of aromatic nitrogens is 2. The minimum Gasteiger partial charge on any atom is -0.461 e. The Hall–Kier alpha value is -2.96. The fourth-order valence-corrected chi connectivity index (χ4v) is 4.36. The van der Waals surface area contributed by atoms with Crippen LogP contribution in [-0.4, -0.2) is 45.2 Å². The van der Waals surface area contributed by atoms with E-state index in [0.717, 1.165) is 31.4 Å². The van der Waals surface area contributed by atoms with Gasteiger partial charge in [-0.25, -0.2) is 4.79 Å². The zero-order chi connectivity index (χ0) is 22.5. The molecule has 0 spiro atoms. The lowest BCUT2D eigenvalue weighted by molar-refractivity contribution is -0.137. The van der Waals surface area contributed by atoms with Gasteiger partial charge in [0.1, 0.15) is 5.69 Å². The molecule has 3 rings (SSSR count). The Labute approximate surface area is 183 Å². The highest BCUT2D eigenvalue weighted by molar-refractivity contribution is 6.06. The lowest BCUT2D eigenvalue weighted by atomic mass is 9.97. The highest BCUT2D eigenvalue weighted by Crippen LogP contribution is 2.29. The fourth-order valence-electron chi connectivity index (χ4n) is 4.36. The molecule has 166 valence electrons. The Morgan fingerprint density at radius 3 is 2.55 bits per heavy atom. The van der Waals surface area contributed by atoms with E-state index in [0.29, 0.717) is 16.8 Å². The van der Waals surface area contributed by atoms with E-state index in [1.165, 1.54) is 0 Å². The number of nitrogens with zero attached hydrogens (tertiary/aromatic N) is 2. The Morgan fingerprint density at radius 1 is 1.23 bits per heavy atom. The topological polar surface area (TPSA) is 92.4 Å². The first-order valence-electron chi connectivity index (χ1n) is 11.0. The molecule has 1 fully saturated rings. The maximum atomic E-state index is 13.5. The van der Waals surface area contributed by atoms with E-state index < -0.39 is 12.0 Å². The summed E-state index contributed by atoms with van der Waals surface area (Å²) in [7, 11) is 0. The Morgan fingerprint density at radius 2 is 1.94 bits per heavy atom. The van der Waals surface area contributed by atoms with Crippen molar-refractivity contribution < 1.29 is 19.1 Å². The van der Waals surface area contributed by atoms with Crippen LogP contribution in [0, 0.1) is 19.8 Å². The number of aromatic amines is 1. The minimum atomic E-state index is -0.682. The van der Waals surface area contributed by atoms with Crippen molar-refractivity contribution in [1.29, 1.82) is 0 Å². The van der Waals surface area contributed by atoms with Gasteiger partial charge in [0.15, 0.2) is 5.78 Å². The lowest BCUT2D eigenvalue weighted by Crippen LogP contribution is -2.45. The predicted octanol–water partition coefficient (Wildman–Crippen LogP) is 3.99. The molecule has 1 amide bonds. The Bertz CT molecular complexity index is 945. The highest BCUT2D eigenvalue weighted by atomic mass is 16.5. The largest absolute Gasteiger partial charge is 0.461 e. The number of hydrogen-bond acceptors (Lipinski definition) is 5. The standard InChI is InChI=1S/C24H31N3O4/c1-5-31-24(30)21-15(2)20(16(3)26-21)22(28)17(4)27(14-19-12-8-9-13-25-19)23(29)18-10-6-7-11-18/h8-9,12-13,17-18,26H,5-7,10-11,14H2,1-4H3/t17-/m1/s1. The van der Waals surface area contributed by atoms with Crippen LogP contribution in [0.2, 0.25) is 0 Å². The van der Waals surface area contributed by atoms with Crippen LogP contribution in [0.15, 0.2) is 24.4 Å². The summed E-state index contributed by atoms with van der Waals surface area (Å²) >= 11 is 0. The number of H-pyrrole nitrogens is 1. The Balaban J connectivity index is 1.91. The van der Waals surface area contributed by atoms with Crippen LogP contribution in [0.5, 0.6) is 0 Å². The first-order chi connectivity index (χ1) is 14.8. The minimum absolute atomic E-state index is 0.000427. The van der Waals surface area contributed by atoms with E-state index >= 15 is 0 Å². The van der Waals surface area contributed by atoms with Gasteiger partial charge < -0.3 is 14.6 Å². The van der Waals surface area contributed by atoms with E-state index in [-0.39, 0.29) is 36.5 Å². The summed E-state index contributed by atoms with van der Waals surface area (Å²) in [5.74, 6) is -0.728. The van der Waals surface area contributed by atoms with Crippen LogP contribution in [-0.2, 0) is 16.1 Å². The molecule has 0 aromatic carbocycles. The molecule has 2 aromatic heterocycles. The Kier molecular flexibility index (Phi) is 7.25. The van der Waals surface area contributed by atoms with E-state index in [4.69, 9.17) is 4.74 Å². The normalized spacial score (nSPS) is 15.0. The van der Waals surface area contributed by atoms with Gasteiger partial charge in [-0.1, -0.05) is 18.9 Å². The monoisotopic (exact) mass is 425 g/mol. The number of Topliss-reactive ketones (excluding diaryl/α,β-unsaturated/α-hetero) is 1. The van der Waals surface area contributed by atoms with Gasteiger partial charge in [-0.05, 0) is 58.2 Å². The number of aryl methyl sites for hydroxylation is 1. The molecule has 0 unspecified atom stereocenters. The number of hydrogen-bond donors (Lipinski definition) is 1. The van der Waals surface area contributed by atoms with Crippen molar-refractivity contribution in [2.75, 3.05) is 6.61 Å². The molecule has 1 aliphatic rings. The predicted molar refractivity (Wildman–Crippen MR) is 117 cm³/mol. The van der Waals surface area contributed by atoms with Crippen LogP contribution in [0.25, 0.3) is 0 Å². The van der Waals surface area contributed by atoms with Crippen LogP contribution >= 0.6 is 0 Å². The summed E-state index contributed by atoms with van der Waals surface area (Å²) < 4.78 is 5.10. The number of carbonyl (C=O) groups excluding carboxylic acids is 3. The molecule has 7 heteroatoms. The molecule has 0 saturated heterocycles. The third-order valence-corrected chi connectivity index (χ3v) is 6.06. The molecular weight excluding hydrogens is 394 g/mol. The molecule has 1 atom stereocenters. The summed E-state index contributed by atoms with van der Waals surface area (Å²) in [5, 5.41) is 0. The first kappa shape index (κ1) is 22.7. The second-order valence-corrected chi connectivity index (χ2v) is 8.15. The summed E-state index contributed by atoms with van der Waals surface area (Å²) in [6.07, 6.45) is 5.47. The number of pyridine rings is 1. The number of esters is 1. The van der Waals surface area contributed by atoms with E-state index in [1.807, 2.05) is 18.2 Å². The van der Waals surface area contributed by atoms with Crippen LogP contribution < -0.4 is 0 Å². The number of ether oxygens (including phenoxy) is 1. The maximum absolute atomic E-state index is 13.5. The van der Waals surface area contributed by atoms with E-state index in [1.54, 1.807) is 38.8 Å². The van der Waals surface area contributed by atoms with Crippen LogP contribution in [0.3, 0.4) is 0 Å². The lowest BCUT2D eigenvalue weighted by Gasteiger charge is -2.30.